The maximum Gasteiger partial charge on any atom is 0.257 e. The van der Waals surface area contributed by atoms with E-state index < -0.39 is 0 Å². The van der Waals surface area contributed by atoms with Gasteiger partial charge in [0.15, 0.2) is 10.2 Å². The predicted octanol–water partition coefficient (Wildman–Crippen LogP) is 4.74. The van der Waals surface area contributed by atoms with Crippen LogP contribution in [0.15, 0.2) is 36.4 Å². The van der Waals surface area contributed by atoms with E-state index in [0.717, 1.165) is 10.3 Å². The summed E-state index contributed by atoms with van der Waals surface area (Å²) in [5.41, 5.74) is 2.43. The Balaban J connectivity index is 1.71. The molecule has 2 aromatic carbocycles. The zero-order valence-electron chi connectivity index (χ0n) is 17.0. The average molecular weight is 430 g/mol. The number of carbonyl (C=O) groups is 1. The minimum atomic E-state index is -0.275. The molecule has 8 heteroatoms. The number of benzene rings is 2. The predicted molar refractivity (Wildman–Crippen MR) is 122 cm³/mol. The van der Waals surface area contributed by atoms with Gasteiger partial charge in [0.05, 0.1) is 18.9 Å². The Bertz CT molecular complexity index is 1050. The molecule has 1 heterocycles. The molecule has 29 heavy (non-hydrogen) atoms. The third kappa shape index (κ3) is 4.83. The molecule has 0 unspecified atom stereocenters. The highest BCUT2D eigenvalue weighted by Gasteiger charge is 2.16. The van der Waals surface area contributed by atoms with Crippen molar-refractivity contribution in [3.05, 3.63) is 47.5 Å². The van der Waals surface area contributed by atoms with Crippen LogP contribution in [0.5, 0.6) is 11.5 Å². The van der Waals surface area contributed by atoms with E-state index in [2.05, 4.69) is 36.4 Å². The Morgan fingerprint density at radius 2 is 1.79 bits per heavy atom. The van der Waals surface area contributed by atoms with Gasteiger partial charge in [-0.05, 0) is 41.4 Å². The van der Waals surface area contributed by atoms with Crippen molar-refractivity contribution in [3.8, 4) is 11.5 Å². The van der Waals surface area contributed by atoms with Crippen molar-refractivity contribution in [2.75, 3.05) is 19.5 Å². The second-order valence-corrected chi connectivity index (χ2v) is 8.87. The number of rotatable bonds is 4. The quantitative estimate of drug-likeness (QED) is 0.584. The topological polar surface area (TPSA) is 72.5 Å². The molecule has 2 N–H and O–H groups in total. The summed E-state index contributed by atoms with van der Waals surface area (Å²) in [7, 11) is 3.18. The highest BCUT2D eigenvalue weighted by molar-refractivity contribution is 7.80. The lowest BCUT2D eigenvalue weighted by Gasteiger charge is -2.19. The fraction of sp³-hybridized carbons (Fsp3) is 0.286. The van der Waals surface area contributed by atoms with Crippen molar-refractivity contribution in [3.63, 3.8) is 0 Å². The molecule has 0 spiro atoms. The van der Waals surface area contributed by atoms with Crippen molar-refractivity contribution >= 4 is 49.9 Å². The number of amides is 1. The first-order chi connectivity index (χ1) is 13.7. The van der Waals surface area contributed by atoms with Gasteiger partial charge in [0.2, 0.25) is 0 Å². The Kier molecular flexibility index (Phi) is 6.04. The normalized spacial score (nSPS) is 11.2. The SMILES string of the molecule is COc1cc(OC)c2nc(NC(=S)NC(=O)c3ccc(C(C)(C)C)cc3)sc2c1. The summed E-state index contributed by atoms with van der Waals surface area (Å²) in [4.78, 5) is 17.0. The first-order valence-electron chi connectivity index (χ1n) is 8.96. The molecule has 1 amide bonds. The summed E-state index contributed by atoms with van der Waals surface area (Å²) in [6.07, 6.45) is 0. The number of nitrogens with zero attached hydrogens (tertiary/aromatic N) is 1. The van der Waals surface area contributed by atoms with Crippen LogP contribution in [0.2, 0.25) is 0 Å². The third-order valence-electron chi connectivity index (χ3n) is 4.35. The summed E-state index contributed by atoms with van der Waals surface area (Å²) >= 11 is 6.67. The van der Waals surface area contributed by atoms with Gasteiger partial charge in [-0.3, -0.25) is 10.1 Å². The van der Waals surface area contributed by atoms with Crippen LogP contribution in [-0.2, 0) is 5.41 Å². The van der Waals surface area contributed by atoms with Crippen molar-refractivity contribution < 1.29 is 14.3 Å². The van der Waals surface area contributed by atoms with E-state index in [4.69, 9.17) is 21.7 Å². The molecule has 0 aliphatic heterocycles. The van der Waals surface area contributed by atoms with Gasteiger partial charge in [-0.1, -0.05) is 44.2 Å². The molecule has 3 aromatic rings. The van der Waals surface area contributed by atoms with E-state index in [9.17, 15) is 4.79 Å². The van der Waals surface area contributed by atoms with Crippen molar-refractivity contribution in [1.29, 1.82) is 0 Å². The highest BCUT2D eigenvalue weighted by atomic mass is 32.1. The van der Waals surface area contributed by atoms with Gasteiger partial charge in [-0.25, -0.2) is 4.98 Å². The number of aromatic nitrogens is 1. The number of carbonyl (C=O) groups excluding carboxylic acids is 1. The molecule has 6 nitrogen and oxygen atoms in total. The second-order valence-electron chi connectivity index (χ2n) is 7.43. The minimum Gasteiger partial charge on any atom is -0.497 e. The van der Waals surface area contributed by atoms with E-state index in [1.165, 1.54) is 11.3 Å². The van der Waals surface area contributed by atoms with Crippen LogP contribution in [0.1, 0.15) is 36.7 Å². The number of nitrogens with one attached hydrogen (secondary N) is 2. The summed E-state index contributed by atoms with van der Waals surface area (Å²) in [5.74, 6) is 1.01. The van der Waals surface area contributed by atoms with Crippen LogP contribution in [0.4, 0.5) is 5.13 Å². The number of thiazole rings is 1. The monoisotopic (exact) mass is 429 g/mol. The first-order valence-corrected chi connectivity index (χ1v) is 10.2. The zero-order chi connectivity index (χ0) is 21.2. The number of hydrogen-bond acceptors (Lipinski definition) is 6. The van der Waals surface area contributed by atoms with Crippen molar-refractivity contribution in [2.45, 2.75) is 26.2 Å². The maximum absolute atomic E-state index is 12.5. The van der Waals surface area contributed by atoms with Crippen molar-refractivity contribution in [1.82, 2.24) is 10.3 Å². The molecule has 1 aromatic heterocycles. The Morgan fingerprint density at radius 3 is 2.38 bits per heavy atom. The number of hydrogen-bond donors (Lipinski definition) is 2. The van der Waals surface area contributed by atoms with Crippen LogP contribution >= 0.6 is 23.6 Å². The van der Waals surface area contributed by atoms with E-state index in [0.29, 0.717) is 27.7 Å². The van der Waals surface area contributed by atoms with E-state index in [1.807, 2.05) is 18.2 Å². The Morgan fingerprint density at radius 1 is 1.10 bits per heavy atom. The summed E-state index contributed by atoms with van der Waals surface area (Å²) in [5, 5.41) is 6.39. The Labute approximate surface area is 179 Å². The highest BCUT2D eigenvalue weighted by Crippen LogP contribution is 2.36. The second kappa shape index (κ2) is 8.34. The largest absolute Gasteiger partial charge is 0.497 e. The lowest BCUT2D eigenvalue weighted by molar-refractivity contribution is 0.0977. The molecule has 0 bridgehead atoms. The van der Waals surface area contributed by atoms with Gasteiger partial charge in [-0.2, -0.15) is 0 Å². The molecule has 0 fully saturated rings. The average Bonchev–Trinajstić information content (AvgIpc) is 3.08. The molecule has 0 saturated carbocycles. The van der Waals surface area contributed by atoms with Crippen molar-refractivity contribution in [2.24, 2.45) is 0 Å². The summed E-state index contributed by atoms with van der Waals surface area (Å²) < 4.78 is 11.5. The van der Waals surface area contributed by atoms with E-state index in [1.54, 1.807) is 32.4 Å². The van der Waals surface area contributed by atoms with Gasteiger partial charge in [0.1, 0.15) is 17.0 Å². The first kappa shape index (κ1) is 21.0. The van der Waals surface area contributed by atoms with Crippen LogP contribution in [0.25, 0.3) is 10.2 Å². The molecule has 0 aliphatic rings. The number of anilines is 1. The van der Waals surface area contributed by atoms with Crippen LogP contribution in [-0.4, -0.2) is 30.2 Å². The van der Waals surface area contributed by atoms with Gasteiger partial charge in [0.25, 0.3) is 5.91 Å². The maximum atomic E-state index is 12.5. The molecule has 0 radical (unpaired) electrons. The van der Waals surface area contributed by atoms with E-state index in [-0.39, 0.29) is 16.4 Å². The van der Waals surface area contributed by atoms with Crippen LogP contribution in [0.3, 0.4) is 0 Å². The third-order valence-corrected chi connectivity index (χ3v) is 5.47. The molecular weight excluding hydrogens is 406 g/mol. The molecule has 0 atom stereocenters. The number of methoxy groups -OCH3 is 2. The van der Waals surface area contributed by atoms with Gasteiger partial charge >= 0.3 is 0 Å². The van der Waals surface area contributed by atoms with E-state index >= 15 is 0 Å². The fourth-order valence-corrected chi connectivity index (χ4v) is 3.90. The molecule has 0 saturated heterocycles. The lowest BCUT2D eigenvalue weighted by Crippen LogP contribution is -2.34. The summed E-state index contributed by atoms with van der Waals surface area (Å²) in [6.45, 7) is 6.39. The minimum absolute atomic E-state index is 0.0302. The van der Waals surface area contributed by atoms with Gasteiger partial charge < -0.3 is 14.8 Å². The Hall–Kier alpha value is -2.71. The lowest BCUT2D eigenvalue weighted by atomic mass is 9.87. The molecule has 0 aliphatic carbocycles. The fourth-order valence-electron chi connectivity index (χ4n) is 2.73. The number of fused-ring (bicyclic) bond motifs is 1. The standard InChI is InChI=1S/C21H23N3O3S2/c1-21(2,3)13-8-6-12(7-9-13)18(25)23-19(28)24-20-22-17-15(27-5)10-14(26-4)11-16(17)29-20/h6-11H,1-5H3,(H2,22,23,24,25,28). The summed E-state index contributed by atoms with van der Waals surface area (Å²) in [6, 6.07) is 11.2. The van der Waals surface area contributed by atoms with Crippen LogP contribution < -0.4 is 20.1 Å². The van der Waals surface area contributed by atoms with Gasteiger partial charge in [-0.15, -0.1) is 0 Å². The molecule has 3 rings (SSSR count). The van der Waals surface area contributed by atoms with Crippen LogP contribution in [0, 0.1) is 0 Å². The van der Waals surface area contributed by atoms with Gasteiger partial charge in [0, 0.05) is 11.6 Å². The number of ether oxygens (including phenoxy) is 2. The smallest absolute Gasteiger partial charge is 0.257 e. The molecular formula is C21H23N3O3S2. The molecule has 152 valence electrons. The number of thiocarbonyl (C=S) groups is 1. The zero-order valence-corrected chi connectivity index (χ0v) is 18.6.